The maximum absolute atomic E-state index is 10.4. The van der Waals surface area contributed by atoms with Crippen molar-refractivity contribution in [2.45, 2.75) is 59.3 Å². The molecule has 2 N–H and O–H groups in total. The molecule has 1 aliphatic rings. The Balaban J connectivity index is 2.45. The molecule has 116 valence electrons. The first kappa shape index (κ1) is 15.9. The van der Waals surface area contributed by atoms with Crippen molar-refractivity contribution in [2.75, 3.05) is 0 Å². The Morgan fingerprint density at radius 1 is 1.19 bits per heavy atom. The predicted molar refractivity (Wildman–Crippen MR) is 87.8 cm³/mol. The number of phenols is 2. The van der Waals surface area contributed by atoms with Gasteiger partial charge in [-0.1, -0.05) is 38.8 Å². The van der Waals surface area contributed by atoms with Gasteiger partial charge < -0.3 is 10.2 Å². The van der Waals surface area contributed by atoms with Crippen molar-refractivity contribution in [3.05, 3.63) is 34.9 Å². The fourth-order valence-corrected chi connectivity index (χ4v) is 3.59. The van der Waals surface area contributed by atoms with E-state index in [9.17, 15) is 10.2 Å². The Morgan fingerprint density at radius 2 is 1.81 bits per heavy atom. The van der Waals surface area contributed by atoms with Crippen LogP contribution in [0.4, 0.5) is 0 Å². The molecule has 1 aromatic carbocycles. The molecule has 0 aliphatic heterocycles. The number of allylic oxidation sites excluding steroid dienone is 2. The van der Waals surface area contributed by atoms with Gasteiger partial charge in [0, 0.05) is 11.5 Å². The fraction of sp³-hybridized carbons (Fsp3) is 0.579. The van der Waals surface area contributed by atoms with E-state index in [-0.39, 0.29) is 17.4 Å². The van der Waals surface area contributed by atoms with E-state index in [0.717, 1.165) is 31.2 Å². The van der Waals surface area contributed by atoms with E-state index in [4.69, 9.17) is 0 Å². The SMILES string of the molecule is CCCc1cc(O)c(C2C=C(C)CCC2C(C)C)c(O)c1. The van der Waals surface area contributed by atoms with Crippen molar-refractivity contribution >= 4 is 0 Å². The highest BCUT2D eigenvalue weighted by Crippen LogP contribution is 2.46. The number of rotatable bonds is 4. The molecule has 0 saturated carbocycles. The Hall–Kier alpha value is -1.44. The number of phenolic OH excluding ortho intramolecular Hbond substituents is 2. The second-order valence-electron chi connectivity index (χ2n) is 6.78. The molecule has 0 amide bonds. The van der Waals surface area contributed by atoms with E-state index in [1.165, 1.54) is 5.57 Å². The molecule has 0 bridgehead atoms. The molecular weight excluding hydrogens is 260 g/mol. The van der Waals surface area contributed by atoms with E-state index in [2.05, 4.69) is 33.8 Å². The van der Waals surface area contributed by atoms with Gasteiger partial charge in [-0.05, 0) is 55.7 Å². The van der Waals surface area contributed by atoms with Crippen LogP contribution in [0.1, 0.15) is 64.0 Å². The largest absolute Gasteiger partial charge is 0.507 e. The Labute approximate surface area is 128 Å². The van der Waals surface area contributed by atoms with Gasteiger partial charge in [-0.15, -0.1) is 0 Å². The molecule has 0 heterocycles. The highest BCUT2D eigenvalue weighted by Gasteiger charge is 2.31. The zero-order chi connectivity index (χ0) is 15.6. The highest BCUT2D eigenvalue weighted by molar-refractivity contribution is 5.51. The normalized spacial score (nSPS) is 22.4. The Bertz CT molecular complexity index is 505. The topological polar surface area (TPSA) is 40.5 Å². The summed E-state index contributed by atoms with van der Waals surface area (Å²) in [7, 11) is 0. The standard InChI is InChI=1S/C19H28O2/c1-5-6-14-10-17(20)19(18(21)11-14)16-9-13(4)7-8-15(16)12(2)3/h9-12,15-16,20-21H,5-8H2,1-4H3. The summed E-state index contributed by atoms with van der Waals surface area (Å²) in [6.07, 6.45) is 6.38. The molecule has 0 radical (unpaired) electrons. The summed E-state index contributed by atoms with van der Waals surface area (Å²) in [5.41, 5.74) is 3.08. The maximum atomic E-state index is 10.4. The average Bonchev–Trinajstić information content (AvgIpc) is 2.38. The highest BCUT2D eigenvalue weighted by atomic mass is 16.3. The quantitative estimate of drug-likeness (QED) is 0.752. The summed E-state index contributed by atoms with van der Waals surface area (Å²) in [6, 6.07) is 3.65. The molecule has 21 heavy (non-hydrogen) atoms. The van der Waals surface area contributed by atoms with Crippen molar-refractivity contribution in [2.24, 2.45) is 11.8 Å². The number of benzene rings is 1. The number of hydrogen-bond donors (Lipinski definition) is 2. The van der Waals surface area contributed by atoms with Crippen LogP contribution in [0.25, 0.3) is 0 Å². The molecule has 1 aromatic rings. The molecule has 0 spiro atoms. The first-order chi connectivity index (χ1) is 9.93. The van der Waals surface area contributed by atoms with Gasteiger partial charge in [-0.25, -0.2) is 0 Å². The average molecular weight is 288 g/mol. The Morgan fingerprint density at radius 3 is 2.33 bits per heavy atom. The summed E-state index contributed by atoms with van der Waals surface area (Å²) >= 11 is 0. The lowest BCUT2D eigenvalue weighted by atomic mass is 9.71. The lowest BCUT2D eigenvalue weighted by Crippen LogP contribution is -2.21. The van der Waals surface area contributed by atoms with Crippen LogP contribution in [0, 0.1) is 11.8 Å². The summed E-state index contributed by atoms with van der Waals surface area (Å²) in [4.78, 5) is 0. The summed E-state index contributed by atoms with van der Waals surface area (Å²) < 4.78 is 0. The second kappa shape index (κ2) is 6.55. The summed E-state index contributed by atoms with van der Waals surface area (Å²) in [6.45, 7) is 8.70. The minimum atomic E-state index is 0.120. The van der Waals surface area contributed by atoms with Crippen LogP contribution in [0.3, 0.4) is 0 Å². The lowest BCUT2D eigenvalue weighted by Gasteiger charge is -2.33. The second-order valence-corrected chi connectivity index (χ2v) is 6.78. The zero-order valence-corrected chi connectivity index (χ0v) is 13.7. The molecule has 2 rings (SSSR count). The third-order valence-corrected chi connectivity index (χ3v) is 4.72. The van der Waals surface area contributed by atoms with Crippen LogP contribution in [-0.4, -0.2) is 10.2 Å². The molecule has 0 fully saturated rings. The van der Waals surface area contributed by atoms with Crippen LogP contribution < -0.4 is 0 Å². The Kier molecular flexibility index (Phi) is 4.97. The lowest BCUT2D eigenvalue weighted by molar-refractivity contribution is 0.304. The van der Waals surface area contributed by atoms with Crippen molar-refractivity contribution in [1.82, 2.24) is 0 Å². The van der Waals surface area contributed by atoms with Crippen LogP contribution in [-0.2, 0) is 6.42 Å². The fourth-order valence-electron chi connectivity index (χ4n) is 3.59. The predicted octanol–water partition coefficient (Wildman–Crippen LogP) is 5.15. The van der Waals surface area contributed by atoms with Gasteiger partial charge >= 0.3 is 0 Å². The van der Waals surface area contributed by atoms with Gasteiger partial charge in [-0.3, -0.25) is 0 Å². The maximum Gasteiger partial charge on any atom is 0.123 e. The number of aromatic hydroxyl groups is 2. The van der Waals surface area contributed by atoms with E-state index in [1.54, 1.807) is 0 Å². The molecule has 2 atom stereocenters. The third-order valence-electron chi connectivity index (χ3n) is 4.72. The van der Waals surface area contributed by atoms with Crippen LogP contribution in [0.2, 0.25) is 0 Å². The molecule has 0 saturated heterocycles. The van der Waals surface area contributed by atoms with Gasteiger partial charge in [0.2, 0.25) is 0 Å². The third kappa shape index (κ3) is 3.42. The molecule has 0 aromatic heterocycles. The minimum Gasteiger partial charge on any atom is -0.507 e. The molecule has 2 nitrogen and oxygen atoms in total. The zero-order valence-electron chi connectivity index (χ0n) is 13.7. The number of aryl methyl sites for hydroxylation is 1. The van der Waals surface area contributed by atoms with E-state index in [0.29, 0.717) is 17.4 Å². The van der Waals surface area contributed by atoms with Crippen LogP contribution in [0.5, 0.6) is 11.5 Å². The van der Waals surface area contributed by atoms with E-state index in [1.807, 2.05) is 12.1 Å². The van der Waals surface area contributed by atoms with Crippen LogP contribution >= 0.6 is 0 Å². The van der Waals surface area contributed by atoms with Crippen molar-refractivity contribution in [3.8, 4) is 11.5 Å². The van der Waals surface area contributed by atoms with Gasteiger partial charge in [0.1, 0.15) is 11.5 Å². The monoisotopic (exact) mass is 288 g/mol. The van der Waals surface area contributed by atoms with Crippen LogP contribution in [0.15, 0.2) is 23.8 Å². The molecular formula is C19H28O2. The summed E-state index contributed by atoms with van der Waals surface area (Å²) in [5.74, 6) is 1.63. The van der Waals surface area contributed by atoms with Gasteiger partial charge in [-0.2, -0.15) is 0 Å². The smallest absolute Gasteiger partial charge is 0.123 e. The molecule has 2 heteroatoms. The van der Waals surface area contributed by atoms with Crippen molar-refractivity contribution < 1.29 is 10.2 Å². The van der Waals surface area contributed by atoms with E-state index < -0.39 is 0 Å². The number of hydrogen-bond acceptors (Lipinski definition) is 2. The van der Waals surface area contributed by atoms with Crippen molar-refractivity contribution in [1.29, 1.82) is 0 Å². The molecule has 2 unspecified atom stereocenters. The molecule has 1 aliphatic carbocycles. The van der Waals surface area contributed by atoms with Gasteiger partial charge in [0.05, 0.1) is 0 Å². The van der Waals surface area contributed by atoms with Crippen molar-refractivity contribution in [3.63, 3.8) is 0 Å². The minimum absolute atomic E-state index is 0.120. The van der Waals surface area contributed by atoms with E-state index >= 15 is 0 Å². The summed E-state index contributed by atoms with van der Waals surface area (Å²) in [5, 5.41) is 20.9. The van der Waals surface area contributed by atoms with Gasteiger partial charge in [0.25, 0.3) is 0 Å². The first-order valence-corrected chi connectivity index (χ1v) is 8.16. The first-order valence-electron chi connectivity index (χ1n) is 8.16. The van der Waals surface area contributed by atoms with Gasteiger partial charge in [0.15, 0.2) is 0 Å².